The van der Waals surface area contributed by atoms with Crippen LogP contribution in [0.4, 0.5) is 0 Å². The minimum absolute atomic E-state index is 0.608. The van der Waals surface area contributed by atoms with Crippen LogP contribution in [-0.2, 0) is 0 Å². The molecule has 0 unspecified atom stereocenters. The zero-order valence-corrected chi connectivity index (χ0v) is 31.0. The minimum Gasteiger partial charge on any atom is -0.456 e. The van der Waals surface area contributed by atoms with Crippen LogP contribution in [0.3, 0.4) is 0 Å². The Morgan fingerprint density at radius 3 is 1.96 bits per heavy atom. The quantitative estimate of drug-likeness (QED) is 0.179. The first-order chi connectivity index (χ1) is 27.7. The van der Waals surface area contributed by atoms with Gasteiger partial charge in [-0.15, -0.1) is 22.7 Å². The molecule has 0 saturated heterocycles. The van der Waals surface area contributed by atoms with Crippen molar-refractivity contribution >= 4 is 107 Å². The van der Waals surface area contributed by atoms with Gasteiger partial charge in [0.2, 0.25) is 0 Å². The second-order valence-corrected chi connectivity index (χ2v) is 16.4. The lowest BCUT2D eigenvalue weighted by atomic mass is 9.98. The van der Waals surface area contributed by atoms with Crippen molar-refractivity contribution in [2.75, 3.05) is 0 Å². The number of benzene rings is 8. The molecule has 0 aliphatic heterocycles. The Balaban J connectivity index is 1.10. The van der Waals surface area contributed by atoms with Gasteiger partial charge in [-0.3, -0.25) is 0 Å². The van der Waals surface area contributed by atoms with Crippen LogP contribution in [0.5, 0.6) is 0 Å². The lowest BCUT2D eigenvalue weighted by molar-refractivity contribution is 0.669. The Bertz CT molecular complexity index is 3720. The molecule has 5 aromatic heterocycles. The summed E-state index contributed by atoms with van der Waals surface area (Å²) in [5.41, 5.74) is 8.43. The number of aromatic nitrogens is 3. The van der Waals surface area contributed by atoms with Gasteiger partial charge >= 0.3 is 0 Å². The van der Waals surface area contributed by atoms with Crippen LogP contribution in [0.1, 0.15) is 0 Å². The van der Waals surface area contributed by atoms with Crippen molar-refractivity contribution in [2.45, 2.75) is 0 Å². The SMILES string of the molecule is c1ccc(-c2nc(-c3cccc(-c4cccc5oc6ccccc6c45)c3)nc(-c3ccc4oc5ccc6sc7cc8ccccc8c8sc3c4c5c6c78)n2)cc1. The molecule has 5 nitrogen and oxygen atoms in total. The molecule has 0 amide bonds. The number of thiophene rings is 1. The fourth-order valence-electron chi connectivity index (χ4n) is 8.63. The molecule has 5 heterocycles. The number of furan rings is 2. The third-order valence-electron chi connectivity index (χ3n) is 11.1. The summed E-state index contributed by atoms with van der Waals surface area (Å²) in [5.74, 6) is 1.85. The highest BCUT2D eigenvalue weighted by Crippen LogP contribution is 2.51. The van der Waals surface area contributed by atoms with Crippen LogP contribution in [-0.4, -0.2) is 15.0 Å². The summed E-state index contributed by atoms with van der Waals surface area (Å²) in [7, 11) is 0. The van der Waals surface area contributed by atoms with Gasteiger partial charge < -0.3 is 8.83 Å². The van der Waals surface area contributed by atoms with Crippen molar-refractivity contribution in [2.24, 2.45) is 0 Å². The monoisotopic (exact) mass is 751 g/mol. The van der Waals surface area contributed by atoms with Gasteiger partial charge in [0, 0.05) is 63.1 Å². The van der Waals surface area contributed by atoms with Crippen molar-refractivity contribution < 1.29 is 8.83 Å². The standard InChI is InChI=1S/C49H25N3O2S2/c1-2-10-26(11-3-1)47-50-48(29-14-8-13-27(24-29)30-17-9-19-35-40(30)32-16-6-7-18-34(32)53-35)52-49(51-47)33-20-21-37-42-41-36(54-37)22-23-38-43(41)44-39(55-38)25-28-12-4-5-15-31(28)45(44)56-46(33)42/h1-25H. The molecule has 0 spiro atoms. The number of rotatable bonds is 4. The van der Waals surface area contributed by atoms with Crippen molar-refractivity contribution in [3.63, 3.8) is 0 Å². The minimum atomic E-state index is 0.608. The van der Waals surface area contributed by atoms with Gasteiger partial charge in [0.15, 0.2) is 17.5 Å². The summed E-state index contributed by atoms with van der Waals surface area (Å²) >= 11 is 3.66. The van der Waals surface area contributed by atoms with E-state index >= 15 is 0 Å². The summed E-state index contributed by atoms with van der Waals surface area (Å²) in [6, 6.07) is 52.8. The van der Waals surface area contributed by atoms with E-state index in [1.165, 1.54) is 35.6 Å². The fraction of sp³-hybridized carbons (Fsp3) is 0. The highest BCUT2D eigenvalue weighted by atomic mass is 32.1. The Hall–Kier alpha value is -6.93. The Morgan fingerprint density at radius 2 is 1.04 bits per heavy atom. The molecule has 13 rings (SSSR count). The van der Waals surface area contributed by atoms with Crippen LogP contribution < -0.4 is 0 Å². The number of hydrogen-bond acceptors (Lipinski definition) is 7. The molecule has 0 radical (unpaired) electrons. The van der Waals surface area contributed by atoms with Gasteiger partial charge in [0.1, 0.15) is 22.3 Å². The molecule has 0 aliphatic carbocycles. The molecule has 260 valence electrons. The van der Waals surface area contributed by atoms with Crippen LogP contribution in [0.2, 0.25) is 0 Å². The van der Waals surface area contributed by atoms with E-state index in [1.54, 1.807) is 0 Å². The first-order valence-electron chi connectivity index (χ1n) is 18.5. The topological polar surface area (TPSA) is 65.0 Å². The van der Waals surface area contributed by atoms with E-state index in [0.717, 1.165) is 76.4 Å². The highest BCUT2D eigenvalue weighted by molar-refractivity contribution is 7.30. The van der Waals surface area contributed by atoms with Gasteiger partial charge in [-0.2, -0.15) is 0 Å². The summed E-state index contributed by atoms with van der Waals surface area (Å²) in [5, 5.41) is 9.50. The number of hydrogen-bond donors (Lipinski definition) is 0. The Labute approximate surface area is 326 Å². The number of para-hydroxylation sites is 1. The van der Waals surface area contributed by atoms with E-state index in [9.17, 15) is 0 Å². The van der Waals surface area contributed by atoms with E-state index in [2.05, 4.69) is 115 Å². The maximum Gasteiger partial charge on any atom is 0.165 e. The average Bonchev–Trinajstić information content (AvgIpc) is 3.91. The summed E-state index contributed by atoms with van der Waals surface area (Å²) in [6.45, 7) is 0. The van der Waals surface area contributed by atoms with Gasteiger partial charge in [-0.25, -0.2) is 15.0 Å². The zero-order valence-electron chi connectivity index (χ0n) is 29.4. The summed E-state index contributed by atoms with van der Waals surface area (Å²) in [6.07, 6.45) is 0. The molecule has 0 atom stereocenters. The van der Waals surface area contributed by atoms with Crippen LogP contribution in [0, 0.1) is 0 Å². The molecule has 0 aliphatic rings. The largest absolute Gasteiger partial charge is 0.456 e. The number of fused-ring (bicyclic) bond motifs is 5. The lowest BCUT2D eigenvalue weighted by Gasteiger charge is -2.11. The molecular formula is C49H25N3O2S2. The normalized spacial score (nSPS) is 12.3. The van der Waals surface area contributed by atoms with E-state index in [-0.39, 0.29) is 0 Å². The number of nitrogens with zero attached hydrogens (tertiary/aromatic N) is 3. The molecule has 13 aromatic rings. The Morgan fingerprint density at radius 1 is 0.357 bits per heavy atom. The lowest BCUT2D eigenvalue weighted by Crippen LogP contribution is -2.00. The van der Waals surface area contributed by atoms with E-state index in [1.807, 2.05) is 59.1 Å². The average molecular weight is 752 g/mol. The second-order valence-electron chi connectivity index (χ2n) is 14.3. The summed E-state index contributed by atoms with van der Waals surface area (Å²) < 4.78 is 17.7. The third-order valence-corrected chi connectivity index (χ3v) is 13.5. The molecule has 8 aromatic carbocycles. The molecule has 0 fully saturated rings. The van der Waals surface area contributed by atoms with E-state index < -0.39 is 0 Å². The molecule has 7 heteroatoms. The molecular weight excluding hydrogens is 727 g/mol. The van der Waals surface area contributed by atoms with Crippen LogP contribution in [0.25, 0.3) is 130 Å². The van der Waals surface area contributed by atoms with Gasteiger partial charge in [-0.1, -0.05) is 103 Å². The first kappa shape index (κ1) is 30.4. The van der Waals surface area contributed by atoms with E-state index in [0.29, 0.717) is 17.5 Å². The van der Waals surface area contributed by atoms with Gasteiger partial charge in [0.05, 0.1) is 4.70 Å². The van der Waals surface area contributed by atoms with Gasteiger partial charge in [-0.05, 0) is 70.4 Å². The highest BCUT2D eigenvalue weighted by Gasteiger charge is 2.24. The smallest absolute Gasteiger partial charge is 0.165 e. The molecule has 0 N–H and O–H groups in total. The van der Waals surface area contributed by atoms with Crippen molar-refractivity contribution in [1.29, 1.82) is 0 Å². The van der Waals surface area contributed by atoms with E-state index in [4.69, 9.17) is 23.8 Å². The third kappa shape index (κ3) is 4.26. The molecule has 56 heavy (non-hydrogen) atoms. The van der Waals surface area contributed by atoms with Crippen LogP contribution >= 0.6 is 22.7 Å². The van der Waals surface area contributed by atoms with Gasteiger partial charge in [0.25, 0.3) is 0 Å². The predicted molar refractivity (Wildman–Crippen MR) is 233 cm³/mol. The predicted octanol–water partition coefficient (Wildman–Crippen LogP) is 14.5. The Kier molecular flexibility index (Phi) is 6.14. The van der Waals surface area contributed by atoms with Crippen LogP contribution in [0.15, 0.2) is 160 Å². The van der Waals surface area contributed by atoms with Crippen molar-refractivity contribution in [3.8, 4) is 45.3 Å². The van der Waals surface area contributed by atoms with Crippen molar-refractivity contribution in [3.05, 3.63) is 152 Å². The zero-order chi connectivity index (χ0) is 36.5. The van der Waals surface area contributed by atoms with Crippen molar-refractivity contribution in [1.82, 2.24) is 15.0 Å². The summed E-state index contributed by atoms with van der Waals surface area (Å²) in [4.78, 5) is 15.7. The maximum absolute atomic E-state index is 6.59. The fourth-order valence-corrected chi connectivity index (χ4v) is 11.3. The maximum atomic E-state index is 6.59. The molecule has 0 saturated carbocycles. The molecule has 0 bridgehead atoms. The second kappa shape index (κ2) is 11.3. The first-order valence-corrected chi connectivity index (χ1v) is 20.1.